The minimum Gasteiger partial charge on any atom is -0.393 e. The van der Waals surface area contributed by atoms with Crippen LogP contribution in [0.3, 0.4) is 0 Å². The third kappa shape index (κ3) is 3.41. The van der Waals surface area contributed by atoms with Crippen LogP contribution in [0.15, 0.2) is 42.0 Å². The molecule has 0 aromatic carbocycles. The molecule has 0 amide bonds. The number of rotatable bonds is 5. The van der Waals surface area contributed by atoms with Gasteiger partial charge in [-0.2, -0.15) is 10.4 Å². The zero-order chi connectivity index (χ0) is 21.4. The maximum absolute atomic E-state index is 9.59. The topological polar surface area (TPSA) is 107 Å². The Morgan fingerprint density at radius 1 is 1.29 bits per heavy atom. The van der Waals surface area contributed by atoms with Crippen molar-refractivity contribution >= 4 is 23.1 Å². The SMILES string of the molecule is CN=C/C(=C\NC)c1cc(-c2cnc(N3CC4CC(C3)N4)cn2)c2c(C#N)cnn2c1. The average Bonchev–Trinajstić information content (AvgIpc) is 3.21. The van der Waals surface area contributed by atoms with E-state index in [0.717, 1.165) is 35.6 Å². The highest BCUT2D eigenvalue weighted by atomic mass is 15.3. The normalized spacial score (nSPS) is 20.7. The van der Waals surface area contributed by atoms with E-state index in [1.807, 2.05) is 31.7 Å². The van der Waals surface area contributed by atoms with Crippen LogP contribution in [0.1, 0.15) is 17.5 Å². The van der Waals surface area contributed by atoms with Crippen molar-refractivity contribution in [1.82, 2.24) is 30.2 Å². The fraction of sp³-hybridized carbons (Fsp3) is 0.318. The second kappa shape index (κ2) is 7.81. The van der Waals surface area contributed by atoms with E-state index in [2.05, 4.69) is 31.7 Å². The molecule has 9 heteroatoms. The number of anilines is 1. The van der Waals surface area contributed by atoms with E-state index in [1.165, 1.54) is 6.42 Å². The van der Waals surface area contributed by atoms with Crippen molar-refractivity contribution in [3.8, 4) is 17.3 Å². The lowest BCUT2D eigenvalue weighted by Gasteiger charge is -2.48. The number of allylic oxidation sites excluding steroid dienone is 1. The van der Waals surface area contributed by atoms with Crippen molar-refractivity contribution in [2.45, 2.75) is 18.5 Å². The number of pyridine rings is 1. The Morgan fingerprint density at radius 3 is 2.74 bits per heavy atom. The van der Waals surface area contributed by atoms with Crippen LogP contribution in [-0.2, 0) is 0 Å². The van der Waals surface area contributed by atoms with Gasteiger partial charge in [0.15, 0.2) is 0 Å². The lowest BCUT2D eigenvalue weighted by atomic mass is 9.91. The number of aliphatic imine (C=N–C) groups is 1. The molecule has 2 atom stereocenters. The van der Waals surface area contributed by atoms with E-state index in [1.54, 1.807) is 30.2 Å². The maximum Gasteiger partial charge on any atom is 0.147 e. The first-order valence-corrected chi connectivity index (χ1v) is 10.2. The molecular formula is C22H23N9. The molecule has 2 N–H and O–H groups in total. The molecule has 3 saturated heterocycles. The van der Waals surface area contributed by atoms with Gasteiger partial charge in [-0.3, -0.25) is 9.98 Å². The highest BCUT2D eigenvalue weighted by Gasteiger charge is 2.36. The minimum atomic E-state index is 0.498. The van der Waals surface area contributed by atoms with Gasteiger partial charge in [-0.15, -0.1) is 0 Å². The van der Waals surface area contributed by atoms with Crippen LogP contribution in [-0.4, -0.2) is 65.1 Å². The molecule has 3 aromatic heterocycles. The maximum atomic E-state index is 9.59. The Hall–Kier alpha value is -3.77. The predicted molar refractivity (Wildman–Crippen MR) is 120 cm³/mol. The first-order valence-electron chi connectivity index (χ1n) is 10.2. The molecule has 6 rings (SSSR count). The smallest absolute Gasteiger partial charge is 0.147 e. The summed E-state index contributed by atoms with van der Waals surface area (Å²) in [5, 5.41) is 20.6. The Balaban J connectivity index is 1.58. The van der Waals surface area contributed by atoms with Gasteiger partial charge in [0.05, 0.1) is 35.4 Å². The highest BCUT2D eigenvalue weighted by molar-refractivity contribution is 6.10. The fourth-order valence-corrected chi connectivity index (χ4v) is 4.37. The molecule has 3 fully saturated rings. The zero-order valence-electron chi connectivity index (χ0n) is 17.4. The average molecular weight is 413 g/mol. The fourth-order valence-electron chi connectivity index (χ4n) is 4.37. The van der Waals surface area contributed by atoms with Gasteiger partial charge in [0, 0.05) is 74.6 Å². The molecule has 31 heavy (non-hydrogen) atoms. The van der Waals surface area contributed by atoms with E-state index in [9.17, 15) is 5.26 Å². The Labute approximate surface area is 180 Å². The molecule has 0 spiro atoms. The van der Waals surface area contributed by atoms with Crippen molar-refractivity contribution in [3.63, 3.8) is 0 Å². The number of hydrogen-bond donors (Lipinski definition) is 2. The molecule has 9 nitrogen and oxygen atoms in total. The summed E-state index contributed by atoms with van der Waals surface area (Å²) in [5.74, 6) is 0.884. The molecule has 6 heterocycles. The number of nitrogens with one attached hydrogen (secondary N) is 2. The van der Waals surface area contributed by atoms with E-state index in [0.29, 0.717) is 28.9 Å². The third-order valence-corrected chi connectivity index (χ3v) is 5.79. The van der Waals surface area contributed by atoms with Gasteiger partial charge in [0.1, 0.15) is 11.9 Å². The number of piperidine rings is 1. The monoisotopic (exact) mass is 413 g/mol. The van der Waals surface area contributed by atoms with Crippen LogP contribution in [0.4, 0.5) is 5.82 Å². The summed E-state index contributed by atoms with van der Waals surface area (Å²) in [4.78, 5) is 15.8. The van der Waals surface area contributed by atoms with Crippen molar-refractivity contribution in [1.29, 1.82) is 5.26 Å². The zero-order valence-corrected chi connectivity index (χ0v) is 17.4. The van der Waals surface area contributed by atoms with Crippen molar-refractivity contribution in [2.24, 2.45) is 4.99 Å². The first kappa shape index (κ1) is 19.2. The Kier molecular flexibility index (Phi) is 4.84. The van der Waals surface area contributed by atoms with E-state index in [-0.39, 0.29) is 0 Å². The predicted octanol–water partition coefficient (Wildman–Crippen LogP) is 1.47. The second-order valence-corrected chi connectivity index (χ2v) is 7.84. The van der Waals surface area contributed by atoms with Gasteiger partial charge in [-0.25, -0.2) is 9.50 Å². The molecule has 156 valence electrons. The molecule has 0 radical (unpaired) electrons. The van der Waals surface area contributed by atoms with Gasteiger partial charge in [0.2, 0.25) is 0 Å². The minimum absolute atomic E-state index is 0.498. The lowest BCUT2D eigenvalue weighted by molar-refractivity contribution is 0.225. The van der Waals surface area contributed by atoms with Crippen LogP contribution >= 0.6 is 0 Å². The Bertz CT molecular complexity index is 1200. The van der Waals surface area contributed by atoms with Gasteiger partial charge < -0.3 is 15.5 Å². The van der Waals surface area contributed by atoms with Crippen LogP contribution in [0, 0.1) is 11.3 Å². The molecule has 3 aliphatic heterocycles. The van der Waals surface area contributed by atoms with Crippen molar-refractivity contribution < 1.29 is 0 Å². The molecule has 0 saturated carbocycles. The number of aromatic nitrogens is 4. The molecular weight excluding hydrogens is 390 g/mol. The van der Waals surface area contributed by atoms with Gasteiger partial charge in [-0.1, -0.05) is 0 Å². The molecule has 2 unspecified atom stereocenters. The van der Waals surface area contributed by atoms with E-state index >= 15 is 0 Å². The number of piperazine rings is 1. The van der Waals surface area contributed by atoms with Crippen molar-refractivity contribution in [2.75, 3.05) is 32.1 Å². The molecule has 2 bridgehead atoms. The number of hydrogen-bond acceptors (Lipinski definition) is 8. The largest absolute Gasteiger partial charge is 0.393 e. The lowest BCUT2D eigenvalue weighted by Crippen LogP contribution is -2.67. The third-order valence-electron chi connectivity index (χ3n) is 5.79. The molecule has 3 aliphatic rings. The van der Waals surface area contributed by atoms with E-state index in [4.69, 9.17) is 9.97 Å². The van der Waals surface area contributed by atoms with Gasteiger partial charge in [0.25, 0.3) is 0 Å². The molecule has 3 aromatic rings. The summed E-state index contributed by atoms with van der Waals surface area (Å²) in [5.41, 5.74) is 4.52. The number of nitrogens with zero attached hydrogens (tertiary/aromatic N) is 7. The summed E-state index contributed by atoms with van der Waals surface area (Å²) < 4.78 is 1.72. The number of nitriles is 1. The Morgan fingerprint density at radius 2 is 2.10 bits per heavy atom. The van der Waals surface area contributed by atoms with Crippen LogP contribution in [0.5, 0.6) is 0 Å². The van der Waals surface area contributed by atoms with E-state index < -0.39 is 0 Å². The summed E-state index contributed by atoms with van der Waals surface area (Å²) in [6.07, 6.45) is 12.0. The summed E-state index contributed by atoms with van der Waals surface area (Å²) in [7, 11) is 3.57. The summed E-state index contributed by atoms with van der Waals surface area (Å²) >= 11 is 0. The summed E-state index contributed by atoms with van der Waals surface area (Å²) in [6.45, 7) is 1.92. The second-order valence-electron chi connectivity index (χ2n) is 7.84. The standard InChI is InChI=1S/C22H23N9/c1-24-6-16(7-25-2)14-3-19(22-15(5-23)8-28-31(22)11-14)20-9-27-21(10-26-20)30-12-17-4-18(13-30)29-17/h3,6-11,17-18,24,29H,4,12-13H2,1-2H3/b16-6+,25-7?. The van der Waals surface area contributed by atoms with Gasteiger partial charge >= 0.3 is 0 Å². The first-order chi connectivity index (χ1) is 15.2. The van der Waals surface area contributed by atoms with Crippen molar-refractivity contribution in [3.05, 3.63) is 48.2 Å². The van der Waals surface area contributed by atoms with Crippen LogP contribution < -0.4 is 15.5 Å². The van der Waals surface area contributed by atoms with Crippen LogP contribution in [0.25, 0.3) is 22.3 Å². The quantitative estimate of drug-likeness (QED) is 0.610. The van der Waals surface area contributed by atoms with Crippen LogP contribution in [0.2, 0.25) is 0 Å². The highest BCUT2D eigenvalue weighted by Crippen LogP contribution is 2.30. The summed E-state index contributed by atoms with van der Waals surface area (Å²) in [6, 6.07) is 5.35. The van der Waals surface area contributed by atoms with Gasteiger partial charge in [-0.05, 0) is 12.5 Å². The molecule has 0 aliphatic carbocycles. The number of fused-ring (bicyclic) bond motifs is 3.